The van der Waals surface area contributed by atoms with Gasteiger partial charge in [0.1, 0.15) is 0 Å². The molecule has 4 atom stereocenters. The summed E-state index contributed by atoms with van der Waals surface area (Å²) in [5.74, 6) is -0.995. The number of imide groups is 1. The Bertz CT molecular complexity index is 306. The Hall–Kier alpha value is -1.16. The summed E-state index contributed by atoms with van der Waals surface area (Å²) in [6, 6.07) is 0. The molecule has 4 heteroatoms. The highest BCUT2D eigenvalue weighted by Crippen LogP contribution is 2.51. The Labute approximate surface area is 74.8 Å². The van der Waals surface area contributed by atoms with E-state index in [9.17, 15) is 9.59 Å². The van der Waals surface area contributed by atoms with Crippen molar-refractivity contribution in [3.05, 3.63) is 12.2 Å². The third-order valence-corrected chi connectivity index (χ3v) is 3.45. The van der Waals surface area contributed by atoms with E-state index in [0.717, 1.165) is 6.42 Å². The molecule has 1 heterocycles. The molecule has 1 saturated carbocycles. The number of rotatable bonds is 0. The average Bonchev–Trinajstić information content (AvgIpc) is 2.76. The van der Waals surface area contributed by atoms with Crippen molar-refractivity contribution >= 4 is 11.8 Å². The minimum absolute atomic E-state index is 0.184. The molecule has 1 saturated heterocycles. The topological polar surface area (TPSA) is 57.6 Å². The van der Waals surface area contributed by atoms with Gasteiger partial charge in [0.15, 0.2) is 0 Å². The monoisotopic (exact) mass is 180 g/mol. The maximum Gasteiger partial charge on any atom is 0.257 e. The SMILES string of the molecule is O=C1[C@@H]2[C@H](C(=O)[15N]1O)[C@@H]1C=C[C@H]2C1. The maximum absolute atomic E-state index is 11.4. The second kappa shape index (κ2) is 2.01. The number of carbonyl (C=O) groups is 2. The number of amides is 2. The van der Waals surface area contributed by atoms with Gasteiger partial charge in [0.2, 0.25) is 0 Å². The maximum atomic E-state index is 11.4. The number of fused-ring (bicyclic) bond motifs is 5. The van der Waals surface area contributed by atoms with E-state index in [1.165, 1.54) is 0 Å². The Morgan fingerprint density at radius 1 is 1.15 bits per heavy atom. The summed E-state index contributed by atoms with van der Waals surface area (Å²) in [6.45, 7) is 0. The fraction of sp³-hybridized carbons (Fsp3) is 0.556. The lowest BCUT2D eigenvalue weighted by molar-refractivity contribution is -0.173. The van der Waals surface area contributed by atoms with Crippen LogP contribution in [0.25, 0.3) is 0 Å². The smallest absolute Gasteiger partial charge is 0.257 e. The average molecular weight is 180 g/mol. The Kier molecular flexibility index (Phi) is 1.12. The molecule has 0 spiro atoms. The fourth-order valence-electron chi connectivity index (χ4n) is 2.89. The van der Waals surface area contributed by atoms with Crippen LogP contribution in [0.1, 0.15) is 6.42 Å². The minimum Gasteiger partial charge on any atom is -0.278 e. The number of hydrogen-bond acceptors (Lipinski definition) is 3. The molecule has 0 aromatic heterocycles. The summed E-state index contributed by atoms with van der Waals surface area (Å²) >= 11 is 0. The molecule has 3 rings (SSSR count). The van der Waals surface area contributed by atoms with Gasteiger partial charge >= 0.3 is 0 Å². The van der Waals surface area contributed by atoms with Crippen LogP contribution in [0.3, 0.4) is 0 Å². The molecule has 1 N–H and O–H groups in total. The predicted octanol–water partition coefficient (Wildman–Crippen LogP) is 0.183. The molecule has 2 aliphatic carbocycles. The molecule has 1 aliphatic heterocycles. The van der Waals surface area contributed by atoms with Crippen LogP contribution in [0.15, 0.2) is 12.2 Å². The highest BCUT2D eigenvalue weighted by Gasteiger charge is 2.59. The van der Waals surface area contributed by atoms with Crippen LogP contribution in [0, 0.1) is 23.7 Å². The molecular formula is C9H9NO3. The lowest BCUT2D eigenvalue weighted by Gasteiger charge is -2.13. The first kappa shape index (κ1) is 7.26. The van der Waals surface area contributed by atoms with Crippen LogP contribution >= 0.6 is 0 Å². The van der Waals surface area contributed by atoms with E-state index in [2.05, 4.69) is 0 Å². The zero-order valence-electron chi connectivity index (χ0n) is 6.88. The second-order valence-corrected chi connectivity index (χ2v) is 3.99. The quantitative estimate of drug-likeness (QED) is 0.250. The Morgan fingerprint density at radius 2 is 1.62 bits per heavy atom. The molecule has 2 fully saturated rings. The summed E-state index contributed by atoms with van der Waals surface area (Å²) in [6.07, 6.45) is 4.90. The van der Waals surface area contributed by atoms with E-state index in [-0.39, 0.29) is 23.7 Å². The summed E-state index contributed by atoms with van der Waals surface area (Å²) in [5.41, 5.74) is 0. The van der Waals surface area contributed by atoms with Crippen molar-refractivity contribution in [3.63, 3.8) is 0 Å². The van der Waals surface area contributed by atoms with E-state index >= 15 is 0 Å². The summed E-state index contributed by atoms with van der Waals surface area (Å²) in [4.78, 5) is 22.8. The standard InChI is InChI=1S/C9H9NO3/c11-8-6-4-1-2-5(3-4)7(6)9(12)10(8)13/h1-2,4-7,13H,3H2/t4-,5+,6-,7+/i10+1. The Balaban J connectivity index is 2.08. The van der Waals surface area contributed by atoms with Gasteiger partial charge in [-0.3, -0.25) is 14.8 Å². The third kappa shape index (κ3) is 0.659. The van der Waals surface area contributed by atoms with Gasteiger partial charge in [-0.25, -0.2) is 0 Å². The van der Waals surface area contributed by atoms with Crippen molar-refractivity contribution in [2.24, 2.45) is 23.7 Å². The van der Waals surface area contributed by atoms with E-state index in [0.29, 0.717) is 5.06 Å². The molecule has 0 radical (unpaired) electrons. The zero-order chi connectivity index (χ0) is 9.16. The van der Waals surface area contributed by atoms with Gasteiger partial charge in [0.25, 0.3) is 11.8 Å². The summed E-state index contributed by atoms with van der Waals surface area (Å²) in [7, 11) is 0. The van der Waals surface area contributed by atoms with Crippen LogP contribution in [0.5, 0.6) is 0 Å². The predicted molar refractivity (Wildman–Crippen MR) is 41.4 cm³/mol. The van der Waals surface area contributed by atoms with Crippen molar-refractivity contribution in [2.75, 3.05) is 0 Å². The minimum atomic E-state index is -0.410. The number of allylic oxidation sites excluding steroid dienone is 2. The van der Waals surface area contributed by atoms with E-state index in [1.54, 1.807) is 0 Å². The molecule has 0 aromatic carbocycles. The van der Waals surface area contributed by atoms with E-state index in [1.807, 2.05) is 12.2 Å². The Morgan fingerprint density at radius 3 is 2.08 bits per heavy atom. The number of nitrogens with zero attached hydrogens (tertiary/aromatic N) is 1. The molecule has 13 heavy (non-hydrogen) atoms. The van der Waals surface area contributed by atoms with Crippen molar-refractivity contribution in [3.8, 4) is 0 Å². The van der Waals surface area contributed by atoms with Crippen LogP contribution in [-0.4, -0.2) is 22.1 Å². The molecule has 3 aliphatic rings. The lowest BCUT2D eigenvalue weighted by Crippen LogP contribution is -2.29. The van der Waals surface area contributed by atoms with Gasteiger partial charge in [0.05, 0.1) is 11.8 Å². The van der Waals surface area contributed by atoms with Crippen molar-refractivity contribution in [1.29, 1.82) is 0 Å². The number of carbonyl (C=O) groups excluding carboxylic acids is 2. The van der Waals surface area contributed by atoms with Gasteiger partial charge in [-0.2, -0.15) is 5.06 Å². The van der Waals surface area contributed by atoms with Gasteiger partial charge in [-0.1, -0.05) is 12.2 Å². The molecule has 0 unspecified atom stereocenters. The second-order valence-electron chi connectivity index (χ2n) is 3.99. The molecular weight excluding hydrogens is 171 g/mol. The van der Waals surface area contributed by atoms with Gasteiger partial charge in [-0.15, -0.1) is 0 Å². The van der Waals surface area contributed by atoms with Gasteiger partial charge < -0.3 is 0 Å². The molecule has 68 valence electrons. The molecule has 4 nitrogen and oxygen atoms in total. The van der Waals surface area contributed by atoms with E-state index < -0.39 is 11.8 Å². The van der Waals surface area contributed by atoms with Crippen LogP contribution in [0.2, 0.25) is 0 Å². The first-order valence-corrected chi connectivity index (χ1v) is 4.45. The summed E-state index contributed by atoms with van der Waals surface area (Å²) in [5, 5.41) is 9.45. The highest BCUT2D eigenvalue weighted by molar-refractivity contribution is 6.05. The van der Waals surface area contributed by atoms with Gasteiger partial charge in [0, 0.05) is 0 Å². The van der Waals surface area contributed by atoms with Crippen molar-refractivity contribution < 1.29 is 14.8 Å². The largest absolute Gasteiger partial charge is 0.278 e. The fourth-order valence-corrected chi connectivity index (χ4v) is 2.89. The lowest BCUT2D eigenvalue weighted by atomic mass is 9.85. The van der Waals surface area contributed by atoms with Crippen molar-refractivity contribution in [2.45, 2.75) is 6.42 Å². The first-order valence-electron chi connectivity index (χ1n) is 4.45. The number of hydrogen-bond donors (Lipinski definition) is 1. The number of hydroxylamine groups is 2. The van der Waals surface area contributed by atoms with Crippen LogP contribution < -0.4 is 0 Å². The van der Waals surface area contributed by atoms with Crippen LogP contribution in [0.4, 0.5) is 0 Å². The first-order chi connectivity index (χ1) is 6.20. The summed E-state index contributed by atoms with van der Waals surface area (Å²) < 4.78 is 0. The third-order valence-electron chi connectivity index (χ3n) is 3.45. The van der Waals surface area contributed by atoms with Crippen LogP contribution in [-0.2, 0) is 9.59 Å². The normalized spacial score (nSPS) is 46.4. The van der Waals surface area contributed by atoms with E-state index in [4.69, 9.17) is 5.21 Å². The van der Waals surface area contributed by atoms with Crippen molar-refractivity contribution in [1.82, 2.24) is 5.06 Å². The molecule has 2 bridgehead atoms. The molecule has 0 aromatic rings. The zero-order valence-corrected chi connectivity index (χ0v) is 6.88. The molecule has 2 amide bonds. The highest BCUT2D eigenvalue weighted by atomic mass is 16.8. The van der Waals surface area contributed by atoms with Gasteiger partial charge in [-0.05, 0) is 18.3 Å².